The van der Waals surface area contributed by atoms with Crippen LogP contribution in [0.25, 0.3) is 0 Å². The molecule has 2 rings (SSSR count). The van der Waals surface area contributed by atoms with Crippen molar-refractivity contribution in [3.05, 3.63) is 29.8 Å². The number of benzene rings is 1. The molecule has 0 spiro atoms. The first-order chi connectivity index (χ1) is 8.70. The largest absolute Gasteiger partial charge is 0.497 e. The molecule has 1 aromatic rings. The molecule has 3 heteroatoms. The summed E-state index contributed by atoms with van der Waals surface area (Å²) < 4.78 is 10.3. The molecule has 0 aromatic heterocycles. The molecule has 1 fully saturated rings. The molecule has 0 radical (unpaired) electrons. The first-order valence-corrected chi connectivity index (χ1v) is 6.55. The Hall–Kier alpha value is -1.06. The summed E-state index contributed by atoms with van der Waals surface area (Å²) in [5.41, 5.74) is 1.70. The molecule has 1 aromatic carbocycles. The van der Waals surface area contributed by atoms with Crippen molar-refractivity contribution in [1.82, 2.24) is 5.32 Å². The molecule has 1 N–H and O–H groups in total. The van der Waals surface area contributed by atoms with Gasteiger partial charge in [0.25, 0.3) is 0 Å². The lowest BCUT2D eigenvalue weighted by Crippen LogP contribution is -2.23. The molecular formula is C15H23NO2. The van der Waals surface area contributed by atoms with Gasteiger partial charge in [0.15, 0.2) is 0 Å². The monoisotopic (exact) mass is 249 g/mol. The van der Waals surface area contributed by atoms with Crippen LogP contribution in [-0.2, 0) is 10.2 Å². The van der Waals surface area contributed by atoms with Gasteiger partial charge in [0.1, 0.15) is 5.75 Å². The van der Waals surface area contributed by atoms with Gasteiger partial charge in [-0.15, -0.1) is 0 Å². The smallest absolute Gasteiger partial charge is 0.119 e. The van der Waals surface area contributed by atoms with E-state index < -0.39 is 0 Å². The third-order valence-electron chi connectivity index (χ3n) is 4.01. The van der Waals surface area contributed by atoms with Crippen LogP contribution in [0.3, 0.4) is 0 Å². The van der Waals surface area contributed by atoms with E-state index in [9.17, 15) is 0 Å². The van der Waals surface area contributed by atoms with Crippen LogP contribution in [0.1, 0.15) is 18.9 Å². The van der Waals surface area contributed by atoms with Crippen LogP contribution in [0.2, 0.25) is 0 Å². The van der Waals surface area contributed by atoms with E-state index in [1.165, 1.54) is 12.0 Å². The molecule has 100 valence electrons. The lowest BCUT2D eigenvalue weighted by molar-refractivity contribution is 0.199. The molecule has 0 heterocycles. The van der Waals surface area contributed by atoms with Gasteiger partial charge in [-0.2, -0.15) is 0 Å². The Morgan fingerprint density at radius 2 is 2.22 bits per heavy atom. The summed E-state index contributed by atoms with van der Waals surface area (Å²) in [5, 5.41) is 3.45. The van der Waals surface area contributed by atoms with Gasteiger partial charge in [-0.3, -0.25) is 0 Å². The number of hydrogen-bond acceptors (Lipinski definition) is 3. The van der Waals surface area contributed by atoms with Crippen molar-refractivity contribution in [2.75, 3.05) is 33.9 Å². The first-order valence-electron chi connectivity index (χ1n) is 6.55. The highest BCUT2D eigenvalue weighted by Gasteiger charge is 2.50. The van der Waals surface area contributed by atoms with Gasteiger partial charge in [0.2, 0.25) is 0 Å². The van der Waals surface area contributed by atoms with Gasteiger partial charge in [0.05, 0.1) is 13.7 Å². The molecule has 1 aliphatic rings. The van der Waals surface area contributed by atoms with Crippen molar-refractivity contribution < 1.29 is 9.47 Å². The van der Waals surface area contributed by atoms with Crippen LogP contribution < -0.4 is 10.1 Å². The SMILES string of the molecule is COCCNCC1CC1(C)c1cccc(OC)c1. The predicted octanol–water partition coefficient (Wildman–Crippen LogP) is 2.21. The lowest BCUT2D eigenvalue weighted by atomic mass is 9.95. The van der Waals surface area contributed by atoms with E-state index >= 15 is 0 Å². The summed E-state index contributed by atoms with van der Waals surface area (Å²) in [6, 6.07) is 8.45. The maximum atomic E-state index is 5.29. The second-order valence-electron chi connectivity index (χ2n) is 5.25. The van der Waals surface area contributed by atoms with Crippen LogP contribution >= 0.6 is 0 Å². The molecule has 18 heavy (non-hydrogen) atoms. The van der Waals surface area contributed by atoms with Crippen molar-refractivity contribution in [2.24, 2.45) is 5.92 Å². The molecule has 1 aliphatic carbocycles. The topological polar surface area (TPSA) is 30.5 Å². The maximum Gasteiger partial charge on any atom is 0.119 e. The number of ether oxygens (including phenoxy) is 2. The van der Waals surface area contributed by atoms with Gasteiger partial charge >= 0.3 is 0 Å². The molecule has 0 bridgehead atoms. The molecule has 1 saturated carbocycles. The molecule has 0 saturated heterocycles. The van der Waals surface area contributed by atoms with Crippen molar-refractivity contribution in [3.63, 3.8) is 0 Å². The van der Waals surface area contributed by atoms with Crippen molar-refractivity contribution in [3.8, 4) is 5.75 Å². The summed E-state index contributed by atoms with van der Waals surface area (Å²) >= 11 is 0. The number of rotatable bonds is 7. The van der Waals surface area contributed by atoms with Crippen LogP contribution in [0.4, 0.5) is 0 Å². The highest BCUT2D eigenvalue weighted by atomic mass is 16.5. The second-order valence-corrected chi connectivity index (χ2v) is 5.25. The molecular weight excluding hydrogens is 226 g/mol. The van der Waals surface area contributed by atoms with Gasteiger partial charge in [-0.25, -0.2) is 0 Å². The number of methoxy groups -OCH3 is 2. The molecule has 3 nitrogen and oxygen atoms in total. The number of nitrogens with one attached hydrogen (secondary N) is 1. The fourth-order valence-electron chi connectivity index (χ4n) is 2.53. The van der Waals surface area contributed by atoms with E-state index in [0.717, 1.165) is 31.4 Å². The zero-order valence-electron chi connectivity index (χ0n) is 11.5. The van der Waals surface area contributed by atoms with Crippen LogP contribution in [0.15, 0.2) is 24.3 Å². The Labute approximate surface area is 109 Å². The van der Waals surface area contributed by atoms with Crippen LogP contribution in [0, 0.1) is 5.92 Å². The quantitative estimate of drug-likeness (QED) is 0.752. The molecule has 2 unspecified atom stereocenters. The van der Waals surface area contributed by atoms with E-state index in [1.807, 2.05) is 6.07 Å². The van der Waals surface area contributed by atoms with Gasteiger partial charge in [-0.05, 0) is 42.0 Å². The standard InChI is InChI=1S/C15H23NO2/c1-15(10-13(15)11-16-7-8-17-2)12-5-4-6-14(9-12)18-3/h4-6,9,13,16H,7-8,10-11H2,1-3H3. The van der Waals surface area contributed by atoms with Gasteiger partial charge in [-0.1, -0.05) is 19.1 Å². The summed E-state index contributed by atoms with van der Waals surface area (Å²) in [6.07, 6.45) is 1.25. The Morgan fingerprint density at radius 3 is 2.94 bits per heavy atom. The number of hydrogen-bond donors (Lipinski definition) is 1. The van der Waals surface area contributed by atoms with E-state index in [0.29, 0.717) is 5.41 Å². The fourth-order valence-corrected chi connectivity index (χ4v) is 2.53. The Kier molecular flexibility index (Phi) is 4.25. The fraction of sp³-hybridized carbons (Fsp3) is 0.600. The minimum absolute atomic E-state index is 0.314. The first kappa shape index (κ1) is 13.4. The summed E-state index contributed by atoms with van der Waals surface area (Å²) in [5.74, 6) is 1.67. The predicted molar refractivity (Wildman–Crippen MR) is 73.2 cm³/mol. The third kappa shape index (κ3) is 2.85. The van der Waals surface area contributed by atoms with Crippen molar-refractivity contribution in [2.45, 2.75) is 18.8 Å². The summed E-state index contributed by atoms with van der Waals surface area (Å²) in [4.78, 5) is 0. The zero-order valence-corrected chi connectivity index (χ0v) is 11.5. The van der Waals surface area contributed by atoms with Crippen LogP contribution in [-0.4, -0.2) is 33.9 Å². The van der Waals surface area contributed by atoms with E-state index in [4.69, 9.17) is 9.47 Å². The Morgan fingerprint density at radius 1 is 1.39 bits per heavy atom. The van der Waals surface area contributed by atoms with Crippen molar-refractivity contribution in [1.29, 1.82) is 0 Å². The minimum Gasteiger partial charge on any atom is -0.497 e. The molecule has 2 atom stereocenters. The summed E-state index contributed by atoms with van der Waals surface area (Å²) in [7, 11) is 3.46. The summed E-state index contributed by atoms with van der Waals surface area (Å²) in [6.45, 7) is 5.12. The maximum absolute atomic E-state index is 5.29. The molecule has 0 amide bonds. The minimum atomic E-state index is 0.314. The Bertz CT molecular complexity index is 394. The van der Waals surface area contributed by atoms with E-state index in [2.05, 4.69) is 30.4 Å². The Balaban J connectivity index is 1.89. The molecule has 0 aliphatic heterocycles. The van der Waals surface area contributed by atoms with Gasteiger partial charge in [0, 0.05) is 13.7 Å². The van der Waals surface area contributed by atoms with Gasteiger partial charge < -0.3 is 14.8 Å². The third-order valence-corrected chi connectivity index (χ3v) is 4.01. The average molecular weight is 249 g/mol. The normalized spacial score (nSPS) is 26.1. The van der Waals surface area contributed by atoms with Crippen molar-refractivity contribution >= 4 is 0 Å². The zero-order chi connectivity index (χ0) is 13.0. The van der Waals surface area contributed by atoms with E-state index in [1.54, 1.807) is 14.2 Å². The van der Waals surface area contributed by atoms with E-state index in [-0.39, 0.29) is 0 Å². The second kappa shape index (κ2) is 5.72. The lowest BCUT2D eigenvalue weighted by Gasteiger charge is -2.13. The highest BCUT2D eigenvalue weighted by Crippen LogP contribution is 2.53. The average Bonchev–Trinajstić information content (AvgIpc) is 3.07. The van der Waals surface area contributed by atoms with Crippen LogP contribution in [0.5, 0.6) is 5.75 Å². The highest BCUT2D eigenvalue weighted by molar-refractivity contribution is 5.38.